The van der Waals surface area contributed by atoms with Crippen molar-refractivity contribution in [3.63, 3.8) is 0 Å². The minimum atomic E-state index is -0.706. The molecule has 5 heteroatoms. The normalized spacial score (nSPS) is 10.6. The van der Waals surface area contributed by atoms with Gasteiger partial charge in [-0.1, -0.05) is 0 Å². The van der Waals surface area contributed by atoms with Crippen LogP contribution in [0.1, 0.15) is 22.8 Å². The lowest BCUT2D eigenvalue weighted by Crippen LogP contribution is -2.18. The maximum Gasteiger partial charge on any atom is 0.343 e. The summed E-state index contributed by atoms with van der Waals surface area (Å²) in [6, 6.07) is 2.86. The van der Waals surface area contributed by atoms with Gasteiger partial charge in [0.15, 0.2) is 0 Å². The highest BCUT2D eigenvalue weighted by Gasteiger charge is 2.15. The van der Waals surface area contributed by atoms with E-state index in [1.807, 2.05) is 0 Å². The molecule has 1 N–H and O–H groups in total. The Balaban J connectivity index is 2.71. The van der Waals surface area contributed by atoms with Gasteiger partial charge in [0.05, 0.1) is 12.1 Å². The third-order valence-corrected chi connectivity index (χ3v) is 2.58. The van der Waals surface area contributed by atoms with Gasteiger partial charge < -0.3 is 9.72 Å². The maximum atomic E-state index is 13.6. The van der Waals surface area contributed by atoms with Gasteiger partial charge in [0.1, 0.15) is 11.4 Å². The van der Waals surface area contributed by atoms with E-state index in [2.05, 4.69) is 4.98 Å². The molecule has 18 heavy (non-hydrogen) atoms. The van der Waals surface area contributed by atoms with Gasteiger partial charge in [0.2, 0.25) is 5.43 Å². The van der Waals surface area contributed by atoms with Gasteiger partial charge in [-0.2, -0.15) is 0 Å². The summed E-state index contributed by atoms with van der Waals surface area (Å²) in [4.78, 5) is 26.2. The maximum absolute atomic E-state index is 13.6. The number of aryl methyl sites for hydroxylation is 1. The number of halogens is 1. The number of ether oxygens (including phenoxy) is 1. The molecule has 1 aromatic carbocycles. The molecule has 0 aliphatic rings. The molecule has 1 heterocycles. The minimum Gasteiger partial charge on any atom is -0.462 e. The van der Waals surface area contributed by atoms with Crippen molar-refractivity contribution in [1.29, 1.82) is 0 Å². The molecular weight excluding hydrogens is 237 g/mol. The van der Waals surface area contributed by atoms with Crippen molar-refractivity contribution in [3.05, 3.63) is 45.5 Å². The Morgan fingerprint density at radius 2 is 2.17 bits per heavy atom. The Morgan fingerprint density at radius 1 is 1.44 bits per heavy atom. The van der Waals surface area contributed by atoms with Crippen LogP contribution in [-0.4, -0.2) is 17.6 Å². The average molecular weight is 249 g/mol. The van der Waals surface area contributed by atoms with Gasteiger partial charge in [-0.25, -0.2) is 9.18 Å². The summed E-state index contributed by atoms with van der Waals surface area (Å²) >= 11 is 0. The second-order valence-corrected chi connectivity index (χ2v) is 3.92. The smallest absolute Gasteiger partial charge is 0.343 e. The molecule has 0 aliphatic heterocycles. The molecule has 0 fully saturated rings. The Kier molecular flexibility index (Phi) is 3.14. The number of hydrogen-bond acceptors (Lipinski definition) is 3. The molecule has 0 radical (unpaired) electrons. The van der Waals surface area contributed by atoms with Gasteiger partial charge >= 0.3 is 5.97 Å². The van der Waals surface area contributed by atoms with E-state index in [0.29, 0.717) is 5.56 Å². The lowest BCUT2D eigenvalue weighted by atomic mass is 10.1. The highest BCUT2D eigenvalue weighted by molar-refractivity contribution is 5.93. The van der Waals surface area contributed by atoms with Crippen molar-refractivity contribution in [1.82, 2.24) is 4.98 Å². The molecule has 2 rings (SSSR count). The zero-order valence-corrected chi connectivity index (χ0v) is 10.0. The van der Waals surface area contributed by atoms with Gasteiger partial charge in [0, 0.05) is 11.6 Å². The quantitative estimate of drug-likeness (QED) is 0.829. The number of H-pyrrole nitrogens is 1. The number of rotatable bonds is 2. The standard InChI is InChI=1S/C13H12FNO3/c1-3-18-13(17)9-6-15-11-8(12(9)16)4-7(2)5-10(11)14/h4-6H,3H2,1-2H3,(H,15,16). The summed E-state index contributed by atoms with van der Waals surface area (Å²) in [5, 5.41) is 0.151. The van der Waals surface area contributed by atoms with E-state index in [0.717, 1.165) is 0 Å². The first-order chi connectivity index (χ1) is 8.54. The fraction of sp³-hybridized carbons (Fsp3) is 0.231. The number of carbonyl (C=O) groups is 1. The van der Waals surface area contributed by atoms with E-state index in [4.69, 9.17) is 4.74 Å². The lowest BCUT2D eigenvalue weighted by molar-refractivity contribution is 0.0524. The Bertz CT molecular complexity index is 676. The zero-order chi connectivity index (χ0) is 13.3. The second-order valence-electron chi connectivity index (χ2n) is 3.92. The number of esters is 1. The van der Waals surface area contributed by atoms with Crippen molar-refractivity contribution >= 4 is 16.9 Å². The van der Waals surface area contributed by atoms with Gasteiger partial charge in [0.25, 0.3) is 0 Å². The monoisotopic (exact) mass is 249 g/mol. The number of fused-ring (bicyclic) bond motifs is 1. The van der Waals surface area contributed by atoms with Gasteiger partial charge in [-0.05, 0) is 31.5 Å². The first-order valence-corrected chi connectivity index (χ1v) is 5.53. The number of pyridine rings is 1. The van der Waals surface area contributed by atoms with Crippen LogP contribution in [0.25, 0.3) is 10.9 Å². The highest BCUT2D eigenvalue weighted by Crippen LogP contribution is 2.15. The van der Waals surface area contributed by atoms with Crippen LogP contribution in [0, 0.1) is 12.7 Å². The molecule has 1 aromatic heterocycles. The van der Waals surface area contributed by atoms with Crippen LogP contribution in [0.4, 0.5) is 4.39 Å². The van der Waals surface area contributed by atoms with E-state index >= 15 is 0 Å². The number of benzene rings is 1. The molecule has 0 atom stereocenters. The Morgan fingerprint density at radius 3 is 2.83 bits per heavy atom. The van der Waals surface area contributed by atoms with Crippen LogP contribution in [0.2, 0.25) is 0 Å². The van der Waals surface area contributed by atoms with Crippen molar-refractivity contribution in [2.24, 2.45) is 0 Å². The summed E-state index contributed by atoms with van der Waals surface area (Å²) < 4.78 is 18.4. The van der Waals surface area contributed by atoms with Crippen molar-refractivity contribution in [2.45, 2.75) is 13.8 Å². The van der Waals surface area contributed by atoms with E-state index in [9.17, 15) is 14.0 Å². The summed E-state index contributed by atoms with van der Waals surface area (Å²) in [6.07, 6.45) is 1.18. The minimum absolute atomic E-state index is 0.0960. The molecule has 0 spiro atoms. The lowest BCUT2D eigenvalue weighted by Gasteiger charge is -2.05. The second kappa shape index (κ2) is 4.60. The largest absolute Gasteiger partial charge is 0.462 e. The number of aromatic nitrogens is 1. The topological polar surface area (TPSA) is 59.2 Å². The average Bonchev–Trinajstić information content (AvgIpc) is 2.30. The van der Waals surface area contributed by atoms with E-state index in [1.165, 1.54) is 12.3 Å². The molecule has 4 nitrogen and oxygen atoms in total. The molecule has 0 saturated carbocycles. The van der Waals surface area contributed by atoms with E-state index in [1.54, 1.807) is 19.9 Å². The summed E-state index contributed by atoms with van der Waals surface area (Å²) in [5.41, 5.74) is 0.0734. The van der Waals surface area contributed by atoms with Gasteiger partial charge in [-0.15, -0.1) is 0 Å². The molecule has 94 valence electrons. The third kappa shape index (κ3) is 1.99. The predicted octanol–water partition coefficient (Wildman–Crippen LogP) is 2.15. The fourth-order valence-corrected chi connectivity index (χ4v) is 1.78. The Labute approximate surface area is 102 Å². The number of nitrogens with one attached hydrogen (secondary N) is 1. The van der Waals surface area contributed by atoms with Crippen LogP contribution in [-0.2, 0) is 4.74 Å². The Hall–Kier alpha value is -2.17. The molecular formula is C13H12FNO3. The number of hydrogen-bond donors (Lipinski definition) is 1. The van der Waals surface area contributed by atoms with Crippen molar-refractivity contribution in [3.8, 4) is 0 Å². The molecule has 0 saturated heterocycles. The molecule has 0 bridgehead atoms. The van der Waals surface area contributed by atoms with Crippen LogP contribution >= 0.6 is 0 Å². The molecule has 0 amide bonds. The molecule has 0 unspecified atom stereocenters. The highest BCUT2D eigenvalue weighted by atomic mass is 19.1. The van der Waals surface area contributed by atoms with Crippen molar-refractivity contribution in [2.75, 3.05) is 6.61 Å². The fourth-order valence-electron chi connectivity index (χ4n) is 1.78. The summed E-state index contributed by atoms with van der Waals surface area (Å²) in [6.45, 7) is 3.51. The van der Waals surface area contributed by atoms with Crippen LogP contribution < -0.4 is 5.43 Å². The van der Waals surface area contributed by atoms with E-state index in [-0.39, 0.29) is 23.1 Å². The van der Waals surface area contributed by atoms with Crippen molar-refractivity contribution < 1.29 is 13.9 Å². The van der Waals surface area contributed by atoms with Crippen LogP contribution in [0.3, 0.4) is 0 Å². The van der Waals surface area contributed by atoms with E-state index < -0.39 is 17.2 Å². The molecule has 2 aromatic rings. The van der Waals surface area contributed by atoms with Crippen LogP contribution in [0.15, 0.2) is 23.1 Å². The predicted molar refractivity (Wildman–Crippen MR) is 65.2 cm³/mol. The number of carbonyl (C=O) groups excluding carboxylic acids is 1. The summed E-state index contributed by atoms with van der Waals surface area (Å²) in [7, 11) is 0. The first kappa shape index (κ1) is 12.3. The van der Waals surface area contributed by atoms with Gasteiger partial charge in [-0.3, -0.25) is 4.79 Å². The molecule has 0 aliphatic carbocycles. The SMILES string of the molecule is CCOC(=O)c1c[nH]c2c(F)cc(C)cc2c1=O. The first-order valence-electron chi connectivity index (χ1n) is 5.53. The summed E-state index contributed by atoms with van der Waals surface area (Å²) in [5.74, 6) is -1.22. The third-order valence-electron chi connectivity index (χ3n) is 2.58. The zero-order valence-electron chi connectivity index (χ0n) is 10.0. The number of aromatic amines is 1. The van der Waals surface area contributed by atoms with Crippen LogP contribution in [0.5, 0.6) is 0 Å².